The molecule has 0 amide bonds. The number of nitrogens with zero attached hydrogens (tertiary/aromatic N) is 2. The van der Waals surface area contributed by atoms with E-state index in [0.717, 1.165) is 12.8 Å². The van der Waals surface area contributed by atoms with Crippen molar-refractivity contribution in [2.24, 2.45) is 12.8 Å². The molecule has 2 rings (SSSR count). The molecule has 1 atom stereocenters. The molecule has 2 heterocycles. The lowest BCUT2D eigenvalue weighted by molar-refractivity contribution is 0.620. The Balaban J connectivity index is 1.91. The molecule has 0 aromatic carbocycles. The summed E-state index contributed by atoms with van der Waals surface area (Å²) in [6.45, 7) is 0. The molecule has 0 fully saturated rings. The van der Waals surface area contributed by atoms with Gasteiger partial charge < -0.3 is 5.73 Å². The van der Waals surface area contributed by atoms with Crippen molar-refractivity contribution in [1.82, 2.24) is 9.78 Å². The maximum Gasteiger partial charge on any atom is 0.0492 e. The summed E-state index contributed by atoms with van der Waals surface area (Å²) < 4.78 is 1.90. The smallest absolute Gasteiger partial charge is 0.0492 e. The van der Waals surface area contributed by atoms with Crippen LogP contribution in [-0.2, 0) is 13.5 Å². The molecule has 2 N–H and O–H groups in total. The monoisotopic (exact) mass is 221 g/mol. The van der Waals surface area contributed by atoms with Crippen LogP contribution in [0.2, 0.25) is 0 Å². The molecule has 1 unspecified atom stereocenters. The molecular formula is C11H15N3S. The van der Waals surface area contributed by atoms with E-state index in [1.807, 2.05) is 30.1 Å². The van der Waals surface area contributed by atoms with E-state index >= 15 is 0 Å². The molecule has 0 radical (unpaired) electrons. The summed E-state index contributed by atoms with van der Waals surface area (Å²) in [5.41, 5.74) is 7.32. The van der Waals surface area contributed by atoms with E-state index in [-0.39, 0.29) is 6.04 Å². The molecule has 0 aliphatic rings. The Kier molecular flexibility index (Phi) is 3.18. The van der Waals surface area contributed by atoms with Crippen LogP contribution in [0.5, 0.6) is 0 Å². The quantitative estimate of drug-likeness (QED) is 0.859. The van der Waals surface area contributed by atoms with Crippen molar-refractivity contribution < 1.29 is 0 Å². The van der Waals surface area contributed by atoms with E-state index in [1.54, 1.807) is 11.3 Å². The fourth-order valence-corrected chi connectivity index (χ4v) is 2.36. The summed E-state index contributed by atoms with van der Waals surface area (Å²) in [6.07, 6.45) is 3.78. The minimum atomic E-state index is 0.153. The minimum Gasteiger partial charge on any atom is -0.323 e. The summed E-state index contributed by atoms with van der Waals surface area (Å²) in [5.74, 6) is 0. The van der Waals surface area contributed by atoms with Gasteiger partial charge in [-0.25, -0.2) is 0 Å². The summed E-state index contributed by atoms with van der Waals surface area (Å²) in [4.78, 5) is 1.26. The lowest BCUT2D eigenvalue weighted by atomic mass is 10.1. The fraction of sp³-hybridized carbons (Fsp3) is 0.364. The van der Waals surface area contributed by atoms with Gasteiger partial charge in [0, 0.05) is 29.9 Å². The van der Waals surface area contributed by atoms with Gasteiger partial charge >= 0.3 is 0 Å². The molecule has 0 aliphatic carbocycles. The lowest BCUT2D eigenvalue weighted by Gasteiger charge is -2.09. The Morgan fingerprint density at radius 2 is 2.40 bits per heavy atom. The second-order valence-electron chi connectivity index (χ2n) is 3.61. The normalized spacial score (nSPS) is 12.9. The number of aromatic nitrogens is 2. The first-order chi connectivity index (χ1) is 7.27. The topological polar surface area (TPSA) is 43.8 Å². The van der Waals surface area contributed by atoms with Crippen LogP contribution in [0.15, 0.2) is 29.8 Å². The predicted octanol–water partition coefficient (Wildman–Crippen LogP) is 2.11. The van der Waals surface area contributed by atoms with Gasteiger partial charge in [0.15, 0.2) is 0 Å². The Morgan fingerprint density at radius 1 is 1.53 bits per heavy atom. The van der Waals surface area contributed by atoms with Gasteiger partial charge in [0.25, 0.3) is 0 Å². The SMILES string of the molecule is Cn1nccc1CCC(N)c1cccs1. The van der Waals surface area contributed by atoms with Gasteiger partial charge in [0.05, 0.1) is 0 Å². The average Bonchev–Trinajstić information content (AvgIpc) is 2.85. The molecule has 0 saturated carbocycles. The molecule has 2 aromatic heterocycles. The highest BCUT2D eigenvalue weighted by atomic mass is 32.1. The van der Waals surface area contributed by atoms with Crippen LogP contribution in [0.25, 0.3) is 0 Å². The van der Waals surface area contributed by atoms with Crippen LogP contribution in [0.3, 0.4) is 0 Å². The van der Waals surface area contributed by atoms with Crippen molar-refractivity contribution in [3.05, 3.63) is 40.3 Å². The van der Waals surface area contributed by atoms with Crippen LogP contribution >= 0.6 is 11.3 Å². The zero-order valence-electron chi connectivity index (χ0n) is 8.76. The van der Waals surface area contributed by atoms with Crippen molar-refractivity contribution in [3.63, 3.8) is 0 Å². The van der Waals surface area contributed by atoms with Crippen molar-refractivity contribution in [2.75, 3.05) is 0 Å². The van der Waals surface area contributed by atoms with Gasteiger partial charge in [-0.3, -0.25) is 4.68 Å². The zero-order valence-corrected chi connectivity index (χ0v) is 9.57. The second-order valence-corrected chi connectivity index (χ2v) is 4.59. The Hall–Kier alpha value is -1.13. The number of hydrogen-bond acceptors (Lipinski definition) is 3. The van der Waals surface area contributed by atoms with E-state index in [1.165, 1.54) is 10.6 Å². The third-order valence-corrected chi connectivity index (χ3v) is 3.55. The van der Waals surface area contributed by atoms with Crippen LogP contribution < -0.4 is 5.73 Å². The van der Waals surface area contributed by atoms with Gasteiger partial charge in [-0.2, -0.15) is 5.10 Å². The molecule has 80 valence electrons. The van der Waals surface area contributed by atoms with E-state index < -0.39 is 0 Å². The summed E-state index contributed by atoms with van der Waals surface area (Å²) in [5, 5.41) is 6.20. The Bertz CT molecular complexity index is 405. The number of hydrogen-bond donors (Lipinski definition) is 1. The number of rotatable bonds is 4. The highest BCUT2D eigenvalue weighted by Crippen LogP contribution is 2.20. The highest BCUT2D eigenvalue weighted by Gasteiger charge is 2.08. The predicted molar refractivity (Wildman–Crippen MR) is 62.8 cm³/mol. The first-order valence-corrected chi connectivity index (χ1v) is 5.91. The average molecular weight is 221 g/mol. The molecule has 3 nitrogen and oxygen atoms in total. The van der Waals surface area contributed by atoms with Crippen molar-refractivity contribution in [2.45, 2.75) is 18.9 Å². The molecule has 2 aromatic rings. The second kappa shape index (κ2) is 4.59. The lowest BCUT2D eigenvalue weighted by Crippen LogP contribution is -2.10. The summed E-state index contributed by atoms with van der Waals surface area (Å²) in [6, 6.07) is 6.34. The molecule has 0 saturated heterocycles. The van der Waals surface area contributed by atoms with Crippen LogP contribution in [0.4, 0.5) is 0 Å². The van der Waals surface area contributed by atoms with Crippen molar-refractivity contribution in [3.8, 4) is 0 Å². The molecule has 0 aliphatic heterocycles. The molecule has 0 spiro atoms. The van der Waals surface area contributed by atoms with E-state index in [4.69, 9.17) is 5.73 Å². The number of nitrogens with two attached hydrogens (primary N) is 1. The van der Waals surface area contributed by atoms with E-state index in [0.29, 0.717) is 0 Å². The zero-order chi connectivity index (χ0) is 10.7. The first kappa shape index (κ1) is 10.4. The van der Waals surface area contributed by atoms with Gasteiger partial charge in [-0.15, -0.1) is 11.3 Å². The summed E-state index contributed by atoms with van der Waals surface area (Å²) >= 11 is 1.72. The maximum absolute atomic E-state index is 6.09. The van der Waals surface area contributed by atoms with Crippen molar-refractivity contribution in [1.29, 1.82) is 0 Å². The van der Waals surface area contributed by atoms with Crippen molar-refractivity contribution >= 4 is 11.3 Å². The third-order valence-electron chi connectivity index (χ3n) is 2.54. The summed E-state index contributed by atoms with van der Waals surface area (Å²) in [7, 11) is 1.96. The fourth-order valence-electron chi connectivity index (χ4n) is 1.59. The molecular weight excluding hydrogens is 206 g/mol. The third kappa shape index (κ3) is 2.46. The van der Waals surface area contributed by atoms with Gasteiger partial charge in [0.2, 0.25) is 0 Å². The largest absolute Gasteiger partial charge is 0.323 e. The highest BCUT2D eigenvalue weighted by molar-refractivity contribution is 7.10. The van der Waals surface area contributed by atoms with Gasteiger partial charge in [-0.05, 0) is 30.4 Å². The maximum atomic E-state index is 6.09. The first-order valence-electron chi connectivity index (χ1n) is 5.03. The molecule has 4 heteroatoms. The van der Waals surface area contributed by atoms with Crippen LogP contribution in [-0.4, -0.2) is 9.78 Å². The van der Waals surface area contributed by atoms with Crippen LogP contribution in [0, 0.1) is 0 Å². The van der Waals surface area contributed by atoms with Crippen LogP contribution in [0.1, 0.15) is 23.0 Å². The number of thiophene rings is 1. The Labute approximate surface area is 93.5 Å². The van der Waals surface area contributed by atoms with Gasteiger partial charge in [-0.1, -0.05) is 6.07 Å². The van der Waals surface area contributed by atoms with E-state index in [2.05, 4.69) is 16.5 Å². The van der Waals surface area contributed by atoms with E-state index in [9.17, 15) is 0 Å². The number of aryl methyl sites for hydroxylation is 2. The Morgan fingerprint density at radius 3 is 3.00 bits per heavy atom. The standard InChI is InChI=1S/C11H15N3S/c1-14-9(6-7-13-14)4-5-10(12)11-3-2-8-15-11/h2-3,6-8,10H,4-5,12H2,1H3. The molecule has 15 heavy (non-hydrogen) atoms. The minimum absolute atomic E-state index is 0.153. The molecule has 0 bridgehead atoms. The van der Waals surface area contributed by atoms with Gasteiger partial charge in [0.1, 0.15) is 0 Å².